The lowest BCUT2D eigenvalue weighted by molar-refractivity contribution is 0.0730. The molecular formula is C15H15O6P. The van der Waals surface area contributed by atoms with Gasteiger partial charge in [-0.2, -0.15) is 0 Å². The summed E-state index contributed by atoms with van der Waals surface area (Å²) in [7, 11) is -4.73. The molecule has 0 heterocycles. The number of benzene rings is 2. The first-order chi connectivity index (χ1) is 10.4. The van der Waals surface area contributed by atoms with E-state index in [1.54, 1.807) is 18.2 Å². The van der Waals surface area contributed by atoms with Gasteiger partial charge in [0.15, 0.2) is 11.5 Å². The number of ether oxygens (including phenoxy) is 1. The maximum absolute atomic E-state index is 12.1. The normalized spacial score (nSPS) is 11.0. The maximum atomic E-state index is 12.1. The van der Waals surface area contributed by atoms with Crippen LogP contribution in [0.25, 0.3) is 0 Å². The lowest BCUT2D eigenvalue weighted by atomic mass is 10.1. The summed E-state index contributed by atoms with van der Waals surface area (Å²) in [6, 6.07) is 12.7. The van der Waals surface area contributed by atoms with E-state index in [2.05, 4.69) is 4.52 Å². The molecule has 0 spiro atoms. The summed E-state index contributed by atoms with van der Waals surface area (Å²) in [5.41, 5.74) is 1.42. The highest BCUT2D eigenvalue weighted by Gasteiger charge is 2.20. The van der Waals surface area contributed by atoms with E-state index in [9.17, 15) is 9.36 Å². The predicted molar refractivity (Wildman–Crippen MR) is 79.9 cm³/mol. The van der Waals surface area contributed by atoms with E-state index in [1.807, 2.05) is 19.1 Å². The fourth-order valence-corrected chi connectivity index (χ4v) is 2.18. The van der Waals surface area contributed by atoms with Crippen LogP contribution in [0, 0.1) is 0 Å². The molecule has 7 heteroatoms. The van der Waals surface area contributed by atoms with E-state index in [1.165, 1.54) is 18.2 Å². The highest BCUT2D eigenvalue weighted by molar-refractivity contribution is 7.46. The first-order valence-corrected chi connectivity index (χ1v) is 8.07. The molecule has 0 amide bonds. The third-order valence-electron chi connectivity index (χ3n) is 2.87. The van der Waals surface area contributed by atoms with Gasteiger partial charge < -0.3 is 9.26 Å². The fraction of sp³-hybridized carbons (Fsp3) is 0.133. The number of carbonyl (C=O) groups excluding carboxylic acids is 1. The molecule has 0 aliphatic heterocycles. The van der Waals surface area contributed by atoms with Crippen molar-refractivity contribution in [3.05, 3.63) is 59.7 Å². The second-order valence-electron chi connectivity index (χ2n) is 4.47. The molecule has 0 aliphatic rings. The van der Waals surface area contributed by atoms with Gasteiger partial charge in [-0.3, -0.25) is 9.79 Å². The minimum Gasteiger partial charge on any atom is -0.419 e. The Balaban J connectivity index is 2.19. The van der Waals surface area contributed by atoms with Crippen molar-refractivity contribution in [3.63, 3.8) is 0 Å². The van der Waals surface area contributed by atoms with E-state index in [-0.39, 0.29) is 11.5 Å². The Kier molecular flexibility index (Phi) is 4.98. The molecule has 0 radical (unpaired) electrons. The largest absolute Gasteiger partial charge is 0.524 e. The number of aryl methyl sites for hydroxylation is 1. The molecule has 2 rings (SSSR count). The number of carbonyl (C=O) groups is 1. The van der Waals surface area contributed by atoms with Crippen molar-refractivity contribution in [2.75, 3.05) is 0 Å². The molecule has 0 atom stereocenters. The highest BCUT2D eigenvalue weighted by Crippen LogP contribution is 2.41. The fourth-order valence-electron chi connectivity index (χ4n) is 1.77. The second-order valence-corrected chi connectivity index (χ2v) is 5.63. The lowest BCUT2D eigenvalue weighted by Crippen LogP contribution is -2.09. The molecule has 0 fully saturated rings. The van der Waals surface area contributed by atoms with Crippen LogP contribution in [0.1, 0.15) is 22.8 Å². The maximum Gasteiger partial charge on any atom is 0.524 e. The molecule has 0 saturated carbocycles. The molecule has 0 bridgehead atoms. The van der Waals surface area contributed by atoms with E-state index in [0.717, 1.165) is 12.0 Å². The van der Waals surface area contributed by atoms with Crippen molar-refractivity contribution in [1.29, 1.82) is 0 Å². The van der Waals surface area contributed by atoms with E-state index < -0.39 is 13.8 Å². The lowest BCUT2D eigenvalue weighted by Gasteiger charge is -2.11. The third-order valence-corrected chi connectivity index (χ3v) is 3.30. The molecular weight excluding hydrogens is 307 g/mol. The van der Waals surface area contributed by atoms with Crippen molar-refractivity contribution in [2.45, 2.75) is 13.3 Å². The van der Waals surface area contributed by atoms with Crippen LogP contribution in [0.5, 0.6) is 11.5 Å². The van der Waals surface area contributed by atoms with Crippen molar-refractivity contribution in [1.82, 2.24) is 0 Å². The summed E-state index contributed by atoms with van der Waals surface area (Å²) in [5, 5.41) is 0. The van der Waals surface area contributed by atoms with Crippen molar-refractivity contribution < 1.29 is 28.4 Å². The molecule has 2 N–H and O–H groups in total. The molecule has 22 heavy (non-hydrogen) atoms. The number of hydrogen-bond donors (Lipinski definition) is 2. The van der Waals surface area contributed by atoms with E-state index in [0.29, 0.717) is 5.56 Å². The Morgan fingerprint density at radius 3 is 2.18 bits per heavy atom. The van der Waals surface area contributed by atoms with Crippen LogP contribution >= 0.6 is 7.82 Å². The van der Waals surface area contributed by atoms with Crippen molar-refractivity contribution in [3.8, 4) is 11.5 Å². The number of rotatable bonds is 5. The first-order valence-electron chi connectivity index (χ1n) is 6.54. The zero-order valence-electron chi connectivity index (χ0n) is 11.8. The van der Waals surface area contributed by atoms with Gasteiger partial charge in [-0.15, -0.1) is 0 Å². The number of phosphoric acid groups is 1. The number of hydrogen-bond acceptors (Lipinski definition) is 4. The van der Waals surface area contributed by atoms with Crippen LogP contribution in [-0.4, -0.2) is 15.8 Å². The Morgan fingerprint density at radius 1 is 1.05 bits per heavy atom. The molecule has 2 aromatic rings. The molecule has 6 nitrogen and oxygen atoms in total. The zero-order chi connectivity index (χ0) is 16.2. The summed E-state index contributed by atoms with van der Waals surface area (Å²) >= 11 is 0. The van der Waals surface area contributed by atoms with Gasteiger partial charge in [-0.05, 0) is 36.2 Å². The number of phosphoric ester groups is 1. The summed E-state index contributed by atoms with van der Waals surface area (Å²) < 4.78 is 20.6. The Bertz CT molecular complexity index is 704. The average molecular weight is 322 g/mol. The molecule has 0 aliphatic carbocycles. The predicted octanol–water partition coefficient (Wildman–Crippen LogP) is 2.94. The minimum absolute atomic E-state index is 0.0598. The van der Waals surface area contributed by atoms with Crippen LogP contribution in [0.2, 0.25) is 0 Å². The summed E-state index contributed by atoms with van der Waals surface area (Å²) in [5.74, 6) is -0.894. The Morgan fingerprint density at radius 2 is 1.64 bits per heavy atom. The second kappa shape index (κ2) is 6.75. The van der Waals surface area contributed by atoms with E-state index in [4.69, 9.17) is 14.5 Å². The SMILES string of the molecule is CCc1ccc(C(=O)Oc2ccccc2OP(=O)(O)O)cc1. The molecule has 0 unspecified atom stereocenters. The van der Waals surface area contributed by atoms with Gasteiger partial charge in [-0.1, -0.05) is 31.2 Å². The van der Waals surface area contributed by atoms with Crippen LogP contribution in [0.15, 0.2) is 48.5 Å². The van der Waals surface area contributed by atoms with Crippen LogP contribution < -0.4 is 9.26 Å². The molecule has 0 saturated heterocycles. The quantitative estimate of drug-likeness (QED) is 0.499. The van der Waals surface area contributed by atoms with Crippen molar-refractivity contribution >= 4 is 13.8 Å². The summed E-state index contributed by atoms with van der Waals surface area (Å²) in [4.78, 5) is 29.8. The van der Waals surface area contributed by atoms with Gasteiger partial charge in [0.1, 0.15) is 0 Å². The zero-order valence-corrected chi connectivity index (χ0v) is 12.7. The monoisotopic (exact) mass is 322 g/mol. The summed E-state index contributed by atoms with van der Waals surface area (Å²) in [6.45, 7) is 2.00. The third kappa shape index (κ3) is 4.43. The number of esters is 1. The van der Waals surface area contributed by atoms with Crippen LogP contribution in [0.4, 0.5) is 0 Å². The average Bonchev–Trinajstić information content (AvgIpc) is 2.48. The van der Waals surface area contributed by atoms with Gasteiger partial charge in [0, 0.05) is 0 Å². The number of para-hydroxylation sites is 2. The van der Waals surface area contributed by atoms with Gasteiger partial charge in [0.2, 0.25) is 0 Å². The Hall–Kier alpha value is -2.14. The molecule has 116 valence electrons. The summed E-state index contributed by atoms with van der Waals surface area (Å²) in [6.07, 6.45) is 0.855. The standard InChI is InChI=1S/C15H15O6P/c1-2-11-7-9-12(10-8-11)15(16)20-13-5-3-4-6-14(13)21-22(17,18)19/h3-10H,2H2,1H3,(H2,17,18,19). The van der Waals surface area contributed by atoms with Crippen LogP contribution in [0.3, 0.4) is 0 Å². The van der Waals surface area contributed by atoms with Crippen molar-refractivity contribution in [2.24, 2.45) is 0 Å². The minimum atomic E-state index is -4.73. The first kappa shape index (κ1) is 16.2. The van der Waals surface area contributed by atoms with Gasteiger partial charge in [0.05, 0.1) is 5.56 Å². The van der Waals surface area contributed by atoms with Gasteiger partial charge >= 0.3 is 13.8 Å². The molecule has 0 aromatic heterocycles. The van der Waals surface area contributed by atoms with Gasteiger partial charge in [0.25, 0.3) is 0 Å². The highest BCUT2D eigenvalue weighted by atomic mass is 31.2. The smallest absolute Gasteiger partial charge is 0.419 e. The Labute approximate surface area is 127 Å². The van der Waals surface area contributed by atoms with Gasteiger partial charge in [-0.25, -0.2) is 9.36 Å². The van der Waals surface area contributed by atoms with E-state index >= 15 is 0 Å². The van der Waals surface area contributed by atoms with Crippen LogP contribution in [-0.2, 0) is 11.0 Å². The molecule has 2 aromatic carbocycles. The topological polar surface area (TPSA) is 93.1 Å².